The zero-order chi connectivity index (χ0) is 13.6. The molecular weight excluding hydrogens is 343 g/mol. The minimum Gasteiger partial charge on any atom is -0.481 e. The van der Waals surface area contributed by atoms with Crippen molar-refractivity contribution in [2.75, 3.05) is 4.43 Å². The Morgan fingerprint density at radius 3 is 1.67 bits per heavy atom. The first-order chi connectivity index (χ1) is 8.66. The van der Waals surface area contributed by atoms with E-state index in [2.05, 4.69) is 22.6 Å². The normalized spacial score (nSPS) is 10.5. The van der Waals surface area contributed by atoms with Crippen LogP contribution in [-0.2, 0) is 9.59 Å². The van der Waals surface area contributed by atoms with Crippen molar-refractivity contribution >= 4 is 34.3 Å². The summed E-state index contributed by atoms with van der Waals surface area (Å²) in [6.45, 7) is 0. The van der Waals surface area contributed by atoms with Crippen LogP contribution in [0.25, 0.3) is 0 Å². The summed E-state index contributed by atoms with van der Waals surface area (Å²) in [5.74, 6) is -0.314. The number of halogens is 1. The third-order valence-corrected chi connectivity index (χ3v) is 3.70. The molecule has 0 heterocycles. The molecule has 0 aromatic heterocycles. The molecule has 0 aliphatic rings. The van der Waals surface area contributed by atoms with Crippen molar-refractivity contribution in [2.24, 2.45) is 0 Å². The predicted octanol–water partition coefficient (Wildman–Crippen LogP) is 4.37. The van der Waals surface area contributed by atoms with E-state index in [1.165, 1.54) is 17.3 Å². The molecule has 0 saturated carbocycles. The Hall–Kier alpha value is -0.130. The third-order valence-electron chi connectivity index (χ3n) is 2.94. The van der Waals surface area contributed by atoms with Gasteiger partial charge in [-0.1, -0.05) is 48.3 Å². The van der Waals surface area contributed by atoms with E-state index in [-0.39, 0.29) is 6.42 Å². The molecule has 3 nitrogen and oxygen atoms in total. The van der Waals surface area contributed by atoms with E-state index >= 15 is 0 Å². The van der Waals surface area contributed by atoms with E-state index in [0.29, 0.717) is 12.2 Å². The predicted molar refractivity (Wildman–Crippen MR) is 82.3 cm³/mol. The molecule has 0 spiro atoms. The standard InChI is InChI=1S/C14H25IO3/c15-12-8-4-6-10-13(16)9-5-2-1-3-7-11-14(17)18/h1-12H2,(H,17,18). The summed E-state index contributed by atoms with van der Waals surface area (Å²) in [5, 5.41) is 8.46. The van der Waals surface area contributed by atoms with E-state index < -0.39 is 5.97 Å². The van der Waals surface area contributed by atoms with Gasteiger partial charge in [-0.3, -0.25) is 9.59 Å². The van der Waals surface area contributed by atoms with Crippen LogP contribution in [0.3, 0.4) is 0 Å². The summed E-state index contributed by atoms with van der Waals surface area (Å²) < 4.78 is 1.18. The van der Waals surface area contributed by atoms with Gasteiger partial charge in [0.15, 0.2) is 0 Å². The van der Waals surface area contributed by atoms with Gasteiger partial charge in [0, 0.05) is 19.3 Å². The highest BCUT2D eigenvalue weighted by Gasteiger charge is 2.02. The Labute approximate surface area is 124 Å². The Morgan fingerprint density at radius 2 is 1.17 bits per heavy atom. The molecule has 0 aromatic rings. The maximum Gasteiger partial charge on any atom is 0.303 e. The van der Waals surface area contributed by atoms with Crippen molar-refractivity contribution in [3.05, 3.63) is 0 Å². The lowest BCUT2D eigenvalue weighted by Crippen LogP contribution is -1.98. The number of aliphatic carboxylic acids is 1. The molecule has 0 aliphatic heterocycles. The summed E-state index contributed by atoms with van der Waals surface area (Å²) in [7, 11) is 0. The van der Waals surface area contributed by atoms with Gasteiger partial charge >= 0.3 is 5.97 Å². The number of hydrogen-bond acceptors (Lipinski definition) is 2. The van der Waals surface area contributed by atoms with Gasteiger partial charge in [-0.25, -0.2) is 0 Å². The first-order valence-electron chi connectivity index (χ1n) is 6.96. The molecule has 0 unspecified atom stereocenters. The minimum absolute atomic E-state index is 0.274. The molecule has 0 aromatic carbocycles. The van der Waals surface area contributed by atoms with Gasteiger partial charge in [-0.2, -0.15) is 0 Å². The number of rotatable bonds is 13. The zero-order valence-electron chi connectivity index (χ0n) is 11.1. The Bertz CT molecular complexity index is 229. The Kier molecular flexibility index (Phi) is 13.2. The fourth-order valence-electron chi connectivity index (χ4n) is 1.85. The maximum absolute atomic E-state index is 11.5. The zero-order valence-corrected chi connectivity index (χ0v) is 13.3. The second kappa shape index (κ2) is 13.3. The molecule has 0 bridgehead atoms. The van der Waals surface area contributed by atoms with Gasteiger partial charge < -0.3 is 5.11 Å². The van der Waals surface area contributed by atoms with Crippen LogP contribution >= 0.6 is 22.6 Å². The Balaban J connectivity index is 3.17. The molecule has 0 fully saturated rings. The largest absolute Gasteiger partial charge is 0.481 e. The number of carbonyl (C=O) groups excluding carboxylic acids is 1. The molecule has 0 aliphatic carbocycles. The molecule has 0 atom stereocenters. The maximum atomic E-state index is 11.5. The van der Waals surface area contributed by atoms with Gasteiger partial charge in [0.25, 0.3) is 0 Å². The topological polar surface area (TPSA) is 54.4 Å². The number of Topliss-reactive ketones (excluding diaryl/α,β-unsaturated/α-hetero) is 1. The van der Waals surface area contributed by atoms with E-state index in [1.807, 2.05) is 0 Å². The second-order valence-corrected chi connectivity index (χ2v) is 5.78. The first-order valence-corrected chi connectivity index (χ1v) is 8.49. The quantitative estimate of drug-likeness (QED) is 0.298. The Morgan fingerprint density at radius 1 is 0.722 bits per heavy atom. The second-order valence-electron chi connectivity index (χ2n) is 4.70. The van der Waals surface area contributed by atoms with E-state index in [4.69, 9.17) is 5.11 Å². The molecular formula is C14H25IO3. The van der Waals surface area contributed by atoms with Crippen LogP contribution in [0.4, 0.5) is 0 Å². The van der Waals surface area contributed by atoms with E-state index in [9.17, 15) is 9.59 Å². The van der Waals surface area contributed by atoms with Crippen LogP contribution in [0, 0.1) is 0 Å². The minimum atomic E-state index is -0.711. The average molecular weight is 368 g/mol. The lowest BCUT2D eigenvalue weighted by Gasteiger charge is -2.01. The number of hydrogen-bond donors (Lipinski definition) is 1. The van der Waals surface area contributed by atoms with Crippen LogP contribution in [0.5, 0.6) is 0 Å². The van der Waals surface area contributed by atoms with Gasteiger partial charge in [-0.15, -0.1) is 0 Å². The molecule has 0 saturated heterocycles. The summed E-state index contributed by atoms with van der Waals surface area (Å²) >= 11 is 2.37. The van der Waals surface area contributed by atoms with E-state index in [1.54, 1.807) is 0 Å². The average Bonchev–Trinajstić information content (AvgIpc) is 2.33. The number of ketones is 1. The highest BCUT2D eigenvalue weighted by Crippen LogP contribution is 2.10. The number of unbranched alkanes of at least 4 members (excludes halogenated alkanes) is 6. The van der Waals surface area contributed by atoms with Gasteiger partial charge in [0.05, 0.1) is 0 Å². The van der Waals surface area contributed by atoms with Gasteiger partial charge in [0.1, 0.15) is 5.78 Å². The third kappa shape index (κ3) is 13.9. The molecule has 0 rings (SSSR count). The summed E-state index contributed by atoms with van der Waals surface area (Å²) in [5.41, 5.74) is 0. The lowest BCUT2D eigenvalue weighted by molar-refractivity contribution is -0.137. The molecule has 1 N–H and O–H groups in total. The van der Waals surface area contributed by atoms with Crippen molar-refractivity contribution in [1.82, 2.24) is 0 Å². The SMILES string of the molecule is O=C(O)CCCCCCCC(=O)CCCCCI. The number of carboxylic acids is 1. The molecule has 18 heavy (non-hydrogen) atoms. The number of carbonyl (C=O) groups is 2. The highest BCUT2D eigenvalue weighted by molar-refractivity contribution is 14.1. The van der Waals surface area contributed by atoms with Crippen LogP contribution in [0.2, 0.25) is 0 Å². The van der Waals surface area contributed by atoms with Gasteiger partial charge in [0.2, 0.25) is 0 Å². The fraction of sp³-hybridized carbons (Fsp3) is 0.857. The highest BCUT2D eigenvalue weighted by atomic mass is 127. The van der Waals surface area contributed by atoms with Crippen LogP contribution in [0.15, 0.2) is 0 Å². The fourth-order valence-corrected chi connectivity index (χ4v) is 2.39. The smallest absolute Gasteiger partial charge is 0.303 e. The molecule has 0 amide bonds. The molecule has 106 valence electrons. The summed E-state index contributed by atoms with van der Waals surface area (Å²) in [4.78, 5) is 21.8. The summed E-state index contributed by atoms with van der Waals surface area (Å²) in [6.07, 6.45) is 9.97. The van der Waals surface area contributed by atoms with Crippen molar-refractivity contribution < 1.29 is 14.7 Å². The summed E-state index contributed by atoms with van der Waals surface area (Å²) in [6, 6.07) is 0. The van der Waals surface area contributed by atoms with Crippen molar-refractivity contribution in [2.45, 2.75) is 70.6 Å². The molecule has 4 heteroatoms. The van der Waals surface area contributed by atoms with Crippen LogP contribution < -0.4 is 0 Å². The van der Waals surface area contributed by atoms with Crippen LogP contribution in [0.1, 0.15) is 70.6 Å². The molecule has 0 radical (unpaired) electrons. The van der Waals surface area contributed by atoms with Crippen molar-refractivity contribution in [3.8, 4) is 0 Å². The number of alkyl halides is 1. The van der Waals surface area contributed by atoms with Gasteiger partial charge in [-0.05, 0) is 30.1 Å². The first kappa shape index (κ1) is 17.9. The lowest BCUT2D eigenvalue weighted by atomic mass is 10.0. The van der Waals surface area contributed by atoms with E-state index in [0.717, 1.165) is 44.9 Å². The van der Waals surface area contributed by atoms with Crippen LogP contribution in [-0.4, -0.2) is 21.3 Å². The monoisotopic (exact) mass is 368 g/mol. The number of carboxylic acid groups (broad SMARTS) is 1. The van der Waals surface area contributed by atoms with Crippen molar-refractivity contribution in [3.63, 3.8) is 0 Å². The van der Waals surface area contributed by atoms with Crippen molar-refractivity contribution in [1.29, 1.82) is 0 Å².